The molecular formula is C22H25ClN2O2. The summed E-state index contributed by atoms with van der Waals surface area (Å²) in [6.45, 7) is 2.19. The molecule has 1 saturated carbocycles. The van der Waals surface area contributed by atoms with Gasteiger partial charge in [-0.1, -0.05) is 55.7 Å². The minimum absolute atomic E-state index is 0. The van der Waals surface area contributed by atoms with E-state index >= 15 is 0 Å². The number of pyridine rings is 1. The molecule has 3 aromatic rings. The van der Waals surface area contributed by atoms with Crippen molar-refractivity contribution in [2.75, 3.05) is 11.9 Å². The van der Waals surface area contributed by atoms with Crippen molar-refractivity contribution in [1.82, 2.24) is 4.98 Å². The van der Waals surface area contributed by atoms with Gasteiger partial charge in [-0.2, -0.15) is 0 Å². The lowest BCUT2D eigenvalue weighted by Crippen LogP contribution is -2.24. The van der Waals surface area contributed by atoms with Crippen molar-refractivity contribution in [2.24, 2.45) is 0 Å². The maximum Gasteiger partial charge on any atom is 0.341 e. The molecule has 27 heavy (non-hydrogen) atoms. The maximum absolute atomic E-state index is 12.5. The van der Waals surface area contributed by atoms with E-state index < -0.39 is 0 Å². The number of ether oxygens (including phenoxy) is 1. The van der Waals surface area contributed by atoms with Gasteiger partial charge in [0.15, 0.2) is 0 Å². The number of halogens is 1. The second-order valence-corrected chi connectivity index (χ2v) is 6.93. The van der Waals surface area contributed by atoms with Gasteiger partial charge in [0.05, 0.1) is 17.8 Å². The van der Waals surface area contributed by atoms with E-state index in [1.807, 2.05) is 19.1 Å². The Morgan fingerprint density at radius 1 is 1.11 bits per heavy atom. The number of hydrogen-bond donors (Lipinski definition) is 1. The summed E-state index contributed by atoms with van der Waals surface area (Å²) in [4.78, 5) is 17.1. The Morgan fingerprint density at radius 3 is 2.67 bits per heavy atom. The molecule has 0 radical (unpaired) electrons. The highest BCUT2D eigenvalue weighted by Crippen LogP contribution is 2.33. The van der Waals surface area contributed by atoms with E-state index in [1.165, 1.54) is 19.3 Å². The first-order chi connectivity index (χ1) is 12.8. The van der Waals surface area contributed by atoms with Crippen molar-refractivity contribution in [3.8, 4) is 0 Å². The van der Waals surface area contributed by atoms with Crippen LogP contribution < -0.4 is 5.32 Å². The van der Waals surface area contributed by atoms with Crippen molar-refractivity contribution >= 4 is 45.7 Å². The van der Waals surface area contributed by atoms with Crippen molar-refractivity contribution in [3.05, 3.63) is 48.2 Å². The zero-order valence-corrected chi connectivity index (χ0v) is 16.3. The Balaban J connectivity index is 0.00000210. The fraction of sp³-hybridized carbons (Fsp3) is 0.364. The molecule has 0 saturated heterocycles. The van der Waals surface area contributed by atoms with Gasteiger partial charge in [-0.05, 0) is 25.2 Å². The fourth-order valence-electron chi connectivity index (χ4n) is 3.90. The number of benzene rings is 2. The van der Waals surface area contributed by atoms with Crippen LogP contribution in [-0.2, 0) is 4.74 Å². The normalized spacial score (nSPS) is 14.7. The monoisotopic (exact) mass is 384 g/mol. The molecular weight excluding hydrogens is 360 g/mol. The first kappa shape index (κ1) is 19.4. The lowest BCUT2D eigenvalue weighted by molar-refractivity contribution is 0.0527. The molecule has 2 aromatic carbocycles. The Hall–Kier alpha value is -2.33. The van der Waals surface area contributed by atoms with Crippen molar-refractivity contribution < 1.29 is 9.53 Å². The Bertz CT molecular complexity index is 952. The number of nitrogens with one attached hydrogen (secondary N) is 1. The largest absolute Gasteiger partial charge is 0.462 e. The number of fused-ring (bicyclic) bond motifs is 3. The van der Waals surface area contributed by atoms with Crippen LogP contribution in [0.2, 0.25) is 0 Å². The van der Waals surface area contributed by atoms with Crippen molar-refractivity contribution in [2.45, 2.75) is 45.1 Å². The van der Waals surface area contributed by atoms with Crippen molar-refractivity contribution in [1.29, 1.82) is 0 Å². The van der Waals surface area contributed by atoms with Crippen LogP contribution in [0.4, 0.5) is 5.69 Å². The molecule has 0 atom stereocenters. The summed E-state index contributed by atoms with van der Waals surface area (Å²) in [6, 6.07) is 12.8. The van der Waals surface area contributed by atoms with Crippen LogP contribution in [0.3, 0.4) is 0 Å². The van der Waals surface area contributed by atoms with Crippen LogP contribution >= 0.6 is 12.4 Å². The number of esters is 1. The van der Waals surface area contributed by atoms with Crippen LogP contribution in [-0.4, -0.2) is 23.6 Å². The third kappa shape index (κ3) is 3.86. The van der Waals surface area contributed by atoms with E-state index in [-0.39, 0.29) is 18.4 Å². The molecule has 0 unspecified atom stereocenters. The number of carbonyl (C=O) groups is 1. The third-order valence-corrected chi connectivity index (χ3v) is 5.21. The van der Waals surface area contributed by atoms with Gasteiger partial charge in [-0.3, -0.25) is 4.98 Å². The summed E-state index contributed by atoms with van der Waals surface area (Å²) < 4.78 is 5.28. The van der Waals surface area contributed by atoms with Gasteiger partial charge < -0.3 is 10.1 Å². The minimum Gasteiger partial charge on any atom is -0.462 e. The molecule has 0 bridgehead atoms. The summed E-state index contributed by atoms with van der Waals surface area (Å²) in [6.07, 6.45) is 7.71. The second-order valence-electron chi connectivity index (χ2n) is 6.93. The van der Waals surface area contributed by atoms with Gasteiger partial charge in [-0.15, -0.1) is 12.4 Å². The number of carbonyl (C=O) groups excluding carboxylic acids is 1. The summed E-state index contributed by atoms with van der Waals surface area (Å²) in [7, 11) is 0. The van der Waals surface area contributed by atoms with Gasteiger partial charge >= 0.3 is 5.97 Å². The quantitative estimate of drug-likeness (QED) is 0.461. The number of anilines is 1. The summed E-state index contributed by atoms with van der Waals surface area (Å²) >= 11 is 0. The zero-order chi connectivity index (χ0) is 17.9. The minimum atomic E-state index is -0.312. The lowest BCUT2D eigenvalue weighted by Gasteiger charge is -2.25. The van der Waals surface area contributed by atoms with Gasteiger partial charge in [-0.25, -0.2) is 4.79 Å². The van der Waals surface area contributed by atoms with Gasteiger partial charge in [0.2, 0.25) is 0 Å². The molecule has 1 aromatic heterocycles. The van der Waals surface area contributed by atoms with E-state index in [4.69, 9.17) is 4.74 Å². The van der Waals surface area contributed by atoms with Gasteiger partial charge in [0, 0.05) is 23.0 Å². The molecule has 1 heterocycles. The molecule has 5 heteroatoms. The number of rotatable bonds is 4. The molecule has 1 fully saturated rings. The van der Waals surface area contributed by atoms with E-state index in [9.17, 15) is 4.79 Å². The number of hydrogen-bond acceptors (Lipinski definition) is 4. The molecule has 4 nitrogen and oxygen atoms in total. The predicted molar refractivity (Wildman–Crippen MR) is 113 cm³/mol. The summed E-state index contributed by atoms with van der Waals surface area (Å²) in [5.74, 6) is -0.312. The Kier molecular flexibility index (Phi) is 6.17. The highest BCUT2D eigenvalue weighted by Gasteiger charge is 2.21. The molecule has 0 spiro atoms. The Labute approximate surface area is 165 Å². The van der Waals surface area contributed by atoms with Crippen LogP contribution in [0, 0.1) is 0 Å². The van der Waals surface area contributed by atoms with Crippen LogP contribution in [0.25, 0.3) is 21.7 Å². The molecule has 4 rings (SSSR count). The molecule has 1 N–H and O–H groups in total. The van der Waals surface area contributed by atoms with E-state index in [0.29, 0.717) is 18.2 Å². The second kappa shape index (κ2) is 8.57. The highest BCUT2D eigenvalue weighted by atomic mass is 35.5. The van der Waals surface area contributed by atoms with Gasteiger partial charge in [0.1, 0.15) is 5.56 Å². The van der Waals surface area contributed by atoms with Gasteiger partial charge in [0.25, 0.3) is 0 Å². The first-order valence-corrected chi connectivity index (χ1v) is 9.52. The summed E-state index contributed by atoms with van der Waals surface area (Å²) in [5, 5.41) is 6.90. The molecule has 1 aliphatic carbocycles. The zero-order valence-electron chi connectivity index (χ0n) is 15.5. The Morgan fingerprint density at radius 2 is 1.89 bits per heavy atom. The van der Waals surface area contributed by atoms with Crippen LogP contribution in [0.5, 0.6) is 0 Å². The van der Waals surface area contributed by atoms with Crippen LogP contribution in [0.15, 0.2) is 42.6 Å². The average molecular weight is 385 g/mol. The van der Waals surface area contributed by atoms with E-state index in [0.717, 1.165) is 40.2 Å². The molecule has 142 valence electrons. The van der Waals surface area contributed by atoms with Crippen LogP contribution in [0.1, 0.15) is 49.4 Å². The maximum atomic E-state index is 12.5. The fourth-order valence-corrected chi connectivity index (χ4v) is 3.90. The standard InChI is InChI=1S/C22H24N2O2.ClH/c1-2-26-22(25)19-14-23-20-17-11-7-6-8-15(17)12-13-18(20)21(19)24-16-9-4-3-5-10-16;/h6-8,11-14,16H,2-5,9-10H2,1H3,(H,23,24);1H. The molecule has 0 aliphatic heterocycles. The first-order valence-electron chi connectivity index (χ1n) is 9.52. The topological polar surface area (TPSA) is 51.2 Å². The SMILES string of the molecule is CCOC(=O)c1cnc2c(ccc3ccccc32)c1NC1CCCCC1.Cl. The van der Waals surface area contributed by atoms with E-state index in [2.05, 4.69) is 34.6 Å². The predicted octanol–water partition coefficient (Wildman–Crippen LogP) is 5.73. The van der Waals surface area contributed by atoms with Crippen molar-refractivity contribution in [3.63, 3.8) is 0 Å². The average Bonchev–Trinajstić information content (AvgIpc) is 2.69. The number of aromatic nitrogens is 1. The lowest BCUT2D eigenvalue weighted by atomic mass is 9.94. The smallest absolute Gasteiger partial charge is 0.341 e. The molecule has 1 aliphatic rings. The molecule has 0 amide bonds. The van der Waals surface area contributed by atoms with E-state index in [1.54, 1.807) is 6.20 Å². The highest BCUT2D eigenvalue weighted by molar-refractivity contribution is 6.13. The number of nitrogens with zero attached hydrogens (tertiary/aromatic N) is 1. The summed E-state index contributed by atoms with van der Waals surface area (Å²) in [5.41, 5.74) is 2.32. The third-order valence-electron chi connectivity index (χ3n) is 5.21.